The van der Waals surface area contributed by atoms with Gasteiger partial charge in [-0.25, -0.2) is 4.98 Å². The molecule has 0 saturated carbocycles. The van der Waals surface area contributed by atoms with Gasteiger partial charge in [0.2, 0.25) is 11.8 Å². The number of likely N-dealkylation sites (tertiary alicyclic amines) is 1. The third kappa shape index (κ3) is 4.07. The van der Waals surface area contributed by atoms with E-state index in [1.165, 1.54) is 0 Å². The van der Waals surface area contributed by atoms with Crippen molar-refractivity contribution in [2.75, 3.05) is 19.0 Å². The molecule has 1 aliphatic heterocycles. The van der Waals surface area contributed by atoms with E-state index in [9.17, 15) is 4.79 Å². The third-order valence-electron chi connectivity index (χ3n) is 3.27. The number of amides is 1. The molecule has 2 heterocycles. The zero-order chi connectivity index (χ0) is 14.5. The standard InChI is InChI=1S/C14H20ClN3O2/c1-10-8-13(17-11(2)16-10)20-12-4-3-7-18(9-12)14(19)5-6-15/h8,12H,3-7,9H2,1-2H3. The first-order valence-corrected chi connectivity index (χ1v) is 7.44. The number of hydrogen-bond acceptors (Lipinski definition) is 4. The molecule has 1 atom stereocenters. The predicted octanol–water partition coefficient (Wildman–Crippen LogP) is 2.09. The highest BCUT2D eigenvalue weighted by atomic mass is 35.5. The Bertz CT molecular complexity index is 461. The van der Waals surface area contributed by atoms with Crippen LogP contribution < -0.4 is 4.74 Å². The molecule has 0 N–H and O–H groups in total. The molecule has 0 bridgehead atoms. The van der Waals surface area contributed by atoms with Crippen LogP contribution in [0.3, 0.4) is 0 Å². The van der Waals surface area contributed by atoms with Crippen molar-refractivity contribution in [3.05, 3.63) is 17.6 Å². The van der Waals surface area contributed by atoms with Gasteiger partial charge in [-0.3, -0.25) is 4.79 Å². The topological polar surface area (TPSA) is 55.3 Å². The largest absolute Gasteiger partial charge is 0.472 e. The van der Waals surface area contributed by atoms with Crippen LogP contribution in [0.2, 0.25) is 0 Å². The number of rotatable bonds is 4. The number of hydrogen-bond donors (Lipinski definition) is 0. The summed E-state index contributed by atoms with van der Waals surface area (Å²) in [6.45, 7) is 5.16. The highest BCUT2D eigenvalue weighted by Gasteiger charge is 2.24. The number of alkyl halides is 1. The maximum atomic E-state index is 11.9. The lowest BCUT2D eigenvalue weighted by Crippen LogP contribution is -2.44. The molecule has 1 unspecified atom stereocenters. The lowest BCUT2D eigenvalue weighted by atomic mass is 10.1. The number of aryl methyl sites for hydroxylation is 2. The molecule has 0 spiro atoms. The molecule has 1 aromatic rings. The summed E-state index contributed by atoms with van der Waals surface area (Å²) in [6.07, 6.45) is 2.27. The van der Waals surface area contributed by atoms with Gasteiger partial charge in [0.05, 0.1) is 6.54 Å². The van der Waals surface area contributed by atoms with Crippen LogP contribution in [0.5, 0.6) is 5.88 Å². The van der Waals surface area contributed by atoms with Gasteiger partial charge < -0.3 is 9.64 Å². The van der Waals surface area contributed by atoms with Crippen molar-refractivity contribution in [3.63, 3.8) is 0 Å². The molecule has 20 heavy (non-hydrogen) atoms. The fraction of sp³-hybridized carbons (Fsp3) is 0.643. The van der Waals surface area contributed by atoms with E-state index < -0.39 is 0 Å². The van der Waals surface area contributed by atoms with E-state index in [0.717, 1.165) is 25.1 Å². The Morgan fingerprint density at radius 2 is 2.30 bits per heavy atom. The minimum atomic E-state index is -0.00303. The minimum absolute atomic E-state index is 0.00303. The molecule has 1 saturated heterocycles. The first-order valence-electron chi connectivity index (χ1n) is 6.91. The molecule has 2 rings (SSSR count). The van der Waals surface area contributed by atoms with Gasteiger partial charge in [-0.2, -0.15) is 4.98 Å². The van der Waals surface area contributed by atoms with E-state index in [4.69, 9.17) is 16.3 Å². The lowest BCUT2D eigenvalue weighted by Gasteiger charge is -2.32. The summed E-state index contributed by atoms with van der Waals surface area (Å²) >= 11 is 5.62. The molecule has 110 valence electrons. The third-order valence-corrected chi connectivity index (χ3v) is 3.46. The smallest absolute Gasteiger partial charge is 0.223 e. The van der Waals surface area contributed by atoms with Gasteiger partial charge in [0.25, 0.3) is 0 Å². The van der Waals surface area contributed by atoms with Crippen molar-refractivity contribution in [1.82, 2.24) is 14.9 Å². The van der Waals surface area contributed by atoms with Crippen LogP contribution in [-0.4, -0.2) is 45.8 Å². The van der Waals surface area contributed by atoms with E-state index in [-0.39, 0.29) is 12.0 Å². The van der Waals surface area contributed by atoms with Gasteiger partial charge in [-0.1, -0.05) is 0 Å². The van der Waals surface area contributed by atoms with E-state index >= 15 is 0 Å². The van der Waals surface area contributed by atoms with Crippen molar-refractivity contribution < 1.29 is 9.53 Å². The lowest BCUT2D eigenvalue weighted by molar-refractivity contribution is -0.133. The Labute approximate surface area is 124 Å². The Hall–Kier alpha value is -1.36. The Balaban J connectivity index is 1.97. The predicted molar refractivity (Wildman–Crippen MR) is 77.1 cm³/mol. The van der Waals surface area contributed by atoms with Crippen molar-refractivity contribution in [3.8, 4) is 5.88 Å². The highest BCUT2D eigenvalue weighted by Crippen LogP contribution is 2.18. The number of nitrogens with zero attached hydrogens (tertiary/aromatic N) is 3. The zero-order valence-electron chi connectivity index (χ0n) is 11.9. The number of piperidine rings is 1. The maximum absolute atomic E-state index is 11.9. The van der Waals surface area contributed by atoms with Crippen LogP contribution in [0, 0.1) is 13.8 Å². The van der Waals surface area contributed by atoms with Gasteiger partial charge in [0, 0.05) is 30.6 Å². The van der Waals surface area contributed by atoms with Crippen LogP contribution in [0.4, 0.5) is 0 Å². The van der Waals surface area contributed by atoms with Crippen LogP contribution in [0.15, 0.2) is 6.07 Å². The molecular weight excluding hydrogens is 278 g/mol. The molecule has 1 amide bonds. The summed E-state index contributed by atoms with van der Waals surface area (Å²) in [4.78, 5) is 22.2. The summed E-state index contributed by atoms with van der Waals surface area (Å²) in [7, 11) is 0. The molecule has 1 aromatic heterocycles. The normalized spacial score (nSPS) is 18.9. The summed E-state index contributed by atoms with van der Waals surface area (Å²) in [5, 5.41) is 0. The molecule has 6 heteroatoms. The first kappa shape index (κ1) is 15.0. The quantitative estimate of drug-likeness (QED) is 0.799. The number of halogens is 1. The second kappa shape index (κ2) is 6.88. The average molecular weight is 298 g/mol. The van der Waals surface area contributed by atoms with Crippen LogP contribution in [0.1, 0.15) is 30.8 Å². The second-order valence-corrected chi connectivity index (χ2v) is 5.43. The van der Waals surface area contributed by atoms with E-state index in [1.807, 2.05) is 24.8 Å². The number of ether oxygens (including phenoxy) is 1. The molecule has 1 fully saturated rings. The Morgan fingerprint density at radius 1 is 1.50 bits per heavy atom. The van der Waals surface area contributed by atoms with Crippen LogP contribution >= 0.6 is 11.6 Å². The summed E-state index contributed by atoms with van der Waals surface area (Å²) < 4.78 is 5.90. The fourth-order valence-corrected chi connectivity index (χ4v) is 2.58. The molecule has 5 nitrogen and oxygen atoms in total. The monoisotopic (exact) mass is 297 g/mol. The Morgan fingerprint density at radius 3 is 3.00 bits per heavy atom. The van der Waals surface area contributed by atoms with Gasteiger partial charge in [-0.15, -0.1) is 11.6 Å². The van der Waals surface area contributed by atoms with Crippen molar-refractivity contribution in [2.24, 2.45) is 0 Å². The van der Waals surface area contributed by atoms with Crippen molar-refractivity contribution in [2.45, 2.75) is 39.2 Å². The van der Waals surface area contributed by atoms with Crippen molar-refractivity contribution in [1.29, 1.82) is 0 Å². The van der Waals surface area contributed by atoms with E-state index in [0.29, 0.717) is 30.5 Å². The van der Waals surface area contributed by atoms with Gasteiger partial charge in [-0.05, 0) is 26.7 Å². The van der Waals surface area contributed by atoms with Gasteiger partial charge in [0.1, 0.15) is 11.9 Å². The Kier molecular flexibility index (Phi) is 5.17. The fourth-order valence-electron chi connectivity index (χ4n) is 2.41. The SMILES string of the molecule is Cc1cc(OC2CCCN(C(=O)CCCl)C2)nc(C)n1. The van der Waals surface area contributed by atoms with Gasteiger partial charge in [0.15, 0.2) is 0 Å². The molecule has 0 aliphatic carbocycles. The van der Waals surface area contributed by atoms with Crippen LogP contribution in [-0.2, 0) is 4.79 Å². The van der Waals surface area contributed by atoms with E-state index in [2.05, 4.69) is 9.97 Å². The first-order chi connectivity index (χ1) is 9.58. The number of carbonyl (C=O) groups is 1. The zero-order valence-corrected chi connectivity index (χ0v) is 12.7. The van der Waals surface area contributed by atoms with E-state index in [1.54, 1.807) is 0 Å². The van der Waals surface area contributed by atoms with Gasteiger partial charge >= 0.3 is 0 Å². The summed E-state index contributed by atoms with van der Waals surface area (Å²) in [6, 6.07) is 1.83. The minimum Gasteiger partial charge on any atom is -0.472 e. The maximum Gasteiger partial charge on any atom is 0.223 e. The molecule has 1 aliphatic rings. The summed E-state index contributed by atoms with van der Waals surface area (Å²) in [5.74, 6) is 1.76. The van der Waals surface area contributed by atoms with Crippen molar-refractivity contribution >= 4 is 17.5 Å². The summed E-state index contributed by atoms with van der Waals surface area (Å²) in [5.41, 5.74) is 0.887. The molecule has 0 aromatic carbocycles. The highest BCUT2D eigenvalue weighted by molar-refractivity contribution is 6.18. The number of aromatic nitrogens is 2. The molecular formula is C14H20ClN3O2. The molecule has 0 radical (unpaired) electrons. The second-order valence-electron chi connectivity index (χ2n) is 5.06. The average Bonchev–Trinajstić information content (AvgIpc) is 2.38. The number of carbonyl (C=O) groups excluding carboxylic acids is 1. The van der Waals surface area contributed by atoms with Crippen LogP contribution in [0.25, 0.3) is 0 Å².